The van der Waals surface area contributed by atoms with Gasteiger partial charge in [-0.05, 0) is 18.7 Å². The number of nitrogens with one attached hydrogen (secondary N) is 1. The molecule has 0 amide bonds. The van der Waals surface area contributed by atoms with Crippen molar-refractivity contribution in [2.24, 2.45) is 0 Å². The van der Waals surface area contributed by atoms with E-state index in [4.69, 9.17) is 4.98 Å². The normalized spacial score (nSPS) is 15.5. The molecular formula is C20H23N5. The molecule has 25 heavy (non-hydrogen) atoms. The second-order valence-electron chi connectivity index (χ2n) is 6.33. The summed E-state index contributed by atoms with van der Waals surface area (Å²) in [5.41, 5.74) is 3.08. The number of likely N-dealkylation sites (N-methyl/N-ethyl adjacent to an activating group) is 1. The Morgan fingerprint density at radius 3 is 2.44 bits per heavy atom. The van der Waals surface area contributed by atoms with Crippen molar-refractivity contribution in [3.8, 4) is 22.6 Å². The number of pyridine rings is 1. The Balaban J connectivity index is 1.48. The molecule has 0 radical (unpaired) electrons. The Morgan fingerprint density at radius 2 is 1.76 bits per heavy atom. The summed E-state index contributed by atoms with van der Waals surface area (Å²) in [6, 6.07) is 14.4. The Bertz CT molecular complexity index is 802. The molecular weight excluding hydrogens is 310 g/mol. The van der Waals surface area contributed by atoms with Gasteiger partial charge in [-0.2, -0.15) is 0 Å². The van der Waals surface area contributed by atoms with Crippen molar-refractivity contribution in [2.45, 2.75) is 6.92 Å². The minimum Gasteiger partial charge on any atom is -0.354 e. The van der Waals surface area contributed by atoms with Crippen LogP contribution < -0.4 is 4.90 Å². The molecule has 5 heteroatoms. The minimum absolute atomic E-state index is 0.855. The number of anilines is 1. The molecule has 1 aromatic carbocycles. The van der Waals surface area contributed by atoms with E-state index in [-0.39, 0.29) is 0 Å². The maximum atomic E-state index is 4.70. The van der Waals surface area contributed by atoms with Gasteiger partial charge in [0.15, 0.2) is 0 Å². The molecule has 0 unspecified atom stereocenters. The van der Waals surface area contributed by atoms with Gasteiger partial charge in [0.1, 0.15) is 11.6 Å². The van der Waals surface area contributed by atoms with Gasteiger partial charge in [-0.1, -0.05) is 37.3 Å². The number of aromatic amines is 1. The van der Waals surface area contributed by atoms with Crippen LogP contribution >= 0.6 is 0 Å². The monoisotopic (exact) mass is 333 g/mol. The third kappa shape index (κ3) is 3.42. The van der Waals surface area contributed by atoms with E-state index in [1.807, 2.05) is 30.6 Å². The SMILES string of the molecule is CCN1CCN(c2ccc(-c3nc(-c4ccccc4)c[nH]3)cn2)CC1. The molecule has 1 saturated heterocycles. The fourth-order valence-electron chi connectivity index (χ4n) is 3.23. The van der Waals surface area contributed by atoms with Crippen LogP contribution in [0.15, 0.2) is 54.9 Å². The van der Waals surface area contributed by atoms with Gasteiger partial charge in [-0.15, -0.1) is 0 Å². The zero-order valence-corrected chi connectivity index (χ0v) is 14.5. The molecule has 0 aliphatic carbocycles. The number of imidazole rings is 1. The summed E-state index contributed by atoms with van der Waals surface area (Å²) in [6.45, 7) is 7.65. The lowest BCUT2D eigenvalue weighted by Crippen LogP contribution is -2.46. The van der Waals surface area contributed by atoms with Gasteiger partial charge in [-0.25, -0.2) is 9.97 Å². The van der Waals surface area contributed by atoms with E-state index in [0.29, 0.717) is 0 Å². The number of nitrogens with zero attached hydrogens (tertiary/aromatic N) is 4. The van der Waals surface area contributed by atoms with E-state index in [9.17, 15) is 0 Å². The summed E-state index contributed by atoms with van der Waals surface area (Å²) >= 11 is 0. The average Bonchev–Trinajstić information content (AvgIpc) is 3.19. The Labute approximate surface area is 148 Å². The maximum Gasteiger partial charge on any atom is 0.139 e. The van der Waals surface area contributed by atoms with Crippen molar-refractivity contribution in [3.05, 3.63) is 54.9 Å². The summed E-state index contributed by atoms with van der Waals surface area (Å²) in [6.07, 6.45) is 3.86. The van der Waals surface area contributed by atoms with Crippen LogP contribution in [0.4, 0.5) is 5.82 Å². The lowest BCUT2D eigenvalue weighted by Gasteiger charge is -2.34. The molecule has 2 aromatic heterocycles. The molecule has 0 bridgehead atoms. The van der Waals surface area contributed by atoms with Crippen LogP contribution in [-0.2, 0) is 0 Å². The van der Waals surface area contributed by atoms with E-state index in [2.05, 4.69) is 51.0 Å². The zero-order valence-electron chi connectivity index (χ0n) is 14.5. The molecule has 1 aliphatic rings. The molecule has 1 aliphatic heterocycles. The first-order valence-corrected chi connectivity index (χ1v) is 8.88. The zero-order chi connectivity index (χ0) is 17.1. The highest BCUT2D eigenvalue weighted by atomic mass is 15.3. The molecule has 4 rings (SSSR count). The second kappa shape index (κ2) is 7.07. The summed E-state index contributed by atoms with van der Waals surface area (Å²) in [5.74, 6) is 1.91. The number of H-pyrrole nitrogens is 1. The quantitative estimate of drug-likeness (QED) is 0.796. The molecule has 0 spiro atoms. The van der Waals surface area contributed by atoms with Gasteiger partial charge in [0.2, 0.25) is 0 Å². The van der Waals surface area contributed by atoms with Crippen LogP contribution in [0.5, 0.6) is 0 Å². The maximum absolute atomic E-state index is 4.70. The second-order valence-corrected chi connectivity index (χ2v) is 6.33. The number of rotatable bonds is 4. The average molecular weight is 333 g/mol. The van der Waals surface area contributed by atoms with E-state index in [1.165, 1.54) is 0 Å². The number of hydrogen-bond acceptors (Lipinski definition) is 4. The third-order valence-electron chi connectivity index (χ3n) is 4.81. The lowest BCUT2D eigenvalue weighted by atomic mass is 10.2. The van der Waals surface area contributed by atoms with Crippen molar-refractivity contribution in [1.82, 2.24) is 19.9 Å². The number of benzene rings is 1. The molecule has 1 N–H and O–H groups in total. The van der Waals surface area contributed by atoms with Crippen molar-refractivity contribution < 1.29 is 0 Å². The highest BCUT2D eigenvalue weighted by Crippen LogP contribution is 2.23. The van der Waals surface area contributed by atoms with Crippen molar-refractivity contribution in [3.63, 3.8) is 0 Å². The van der Waals surface area contributed by atoms with E-state index >= 15 is 0 Å². The predicted molar refractivity (Wildman–Crippen MR) is 102 cm³/mol. The van der Waals surface area contributed by atoms with Crippen LogP contribution in [0.1, 0.15) is 6.92 Å². The highest BCUT2D eigenvalue weighted by molar-refractivity contribution is 5.64. The van der Waals surface area contributed by atoms with Crippen LogP contribution in [-0.4, -0.2) is 52.6 Å². The largest absolute Gasteiger partial charge is 0.354 e. The number of hydrogen-bond donors (Lipinski definition) is 1. The van der Waals surface area contributed by atoms with E-state index < -0.39 is 0 Å². The van der Waals surface area contributed by atoms with Crippen LogP contribution in [0, 0.1) is 0 Å². The molecule has 3 heterocycles. The standard InChI is InChI=1S/C20H23N5/c1-2-24-10-12-25(13-11-24)19-9-8-17(14-21-19)20-22-15-18(23-20)16-6-4-3-5-7-16/h3-9,14-15H,2,10-13H2,1H3,(H,22,23). The van der Waals surface area contributed by atoms with Crippen molar-refractivity contribution >= 4 is 5.82 Å². The summed E-state index contributed by atoms with van der Waals surface area (Å²) in [4.78, 5) is 17.4. The van der Waals surface area contributed by atoms with Gasteiger partial charge < -0.3 is 14.8 Å². The molecule has 0 atom stereocenters. The fourth-order valence-corrected chi connectivity index (χ4v) is 3.23. The van der Waals surface area contributed by atoms with E-state index in [0.717, 1.165) is 61.2 Å². The molecule has 128 valence electrons. The Morgan fingerprint density at radius 1 is 0.960 bits per heavy atom. The predicted octanol–water partition coefficient (Wildman–Crippen LogP) is 3.28. The summed E-state index contributed by atoms with van der Waals surface area (Å²) in [7, 11) is 0. The van der Waals surface area contributed by atoms with Crippen LogP contribution in [0.2, 0.25) is 0 Å². The fraction of sp³-hybridized carbons (Fsp3) is 0.300. The molecule has 1 fully saturated rings. The van der Waals surface area contributed by atoms with Gasteiger partial charge in [0, 0.05) is 49.7 Å². The molecule has 0 saturated carbocycles. The molecule has 5 nitrogen and oxygen atoms in total. The third-order valence-corrected chi connectivity index (χ3v) is 4.81. The number of piperazine rings is 1. The van der Waals surface area contributed by atoms with Crippen LogP contribution in [0.25, 0.3) is 22.6 Å². The smallest absolute Gasteiger partial charge is 0.139 e. The van der Waals surface area contributed by atoms with Gasteiger partial charge in [0.25, 0.3) is 0 Å². The Hall–Kier alpha value is -2.66. The molecule has 3 aromatic rings. The minimum atomic E-state index is 0.855. The van der Waals surface area contributed by atoms with Gasteiger partial charge in [0.05, 0.1) is 5.69 Å². The first-order chi connectivity index (χ1) is 12.3. The number of aromatic nitrogens is 3. The van der Waals surface area contributed by atoms with Crippen LogP contribution in [0.3, 0.4) is 0 Å². The van der Waals surface area contributed by atoms with Gasteiger partial charge in [-0.3, -0.25) is 0 Å². The van der Waals surface area contributed by atoms with Crippen molar-refractivity contribution in [1.29, 1.82) is 0 Å². The van der Waals surface area contributed by atoms with Gasteiger partial charge >= 0.3 is 0 Å². The van der Waals surface area contributed by atoms with E-state index in [1.54, 1.807) is 0 Å². The van der Waals surface area contributed by atoms with Crippen molar-refractivity contribution in [2.75, 3.05) is 37.6 Å². The first kappa shape index (κ1) is 15.8. The summed E-state index contributed by atoms with van der Waals surface area (Å²) in [5, 5.41) is 0. The summed E-state index contributed by atoms with van der Waals surface area (Å²) < 4.78 is 0. The Kier molecular flexibility index (Phi) is 4.48. The highest BCUT2D eigenvalue weighted by Gasteiger charge is 2.16. The topological polar surface area (TPSA) is 48.0 Å². The lowest BCUT2D eigenvalue weighted by molar-refractivity contribution is 0.270. The first-order valence-electron chi connectivity index (χ1n) is 8.88.